The average molecular weight is 531 g/mol. The van der Waals surface area contributed by atoms with E-state index in [-0.39, 0.29) is 33.0 Å². The molecule has 190 valence electrons. The number of nitrogens with one attached hydrogen (secondary N) is 1. The summed E-state index contributed by atoms with van der Waals surface area (Å²) >= 11 is 6.26. The number of carbonyl (C=O) groups excluding carboxylic acids is 1. The fourth-order valence-corrected chi connectivity index (χ4v) is 8.54. The Morgan fingerprint density at radius 2 is 1.69 bits per heavy atom. The number of likely N-dealkylation sites (N-methyl/N-ethyl adjacent to an activating group) is 1. The van der Waals surface area contributed by atoms with Gasteiger partial charge in [0.15, 0.2) is 27.3 Å². The fraction of sp³-hybridized carbons (Fsp3) is 0.458. The highest BCUT2D eigenvalue weighted by atomic mass is 35.5. The molecule has 2 fully saturated rings. The van der Waals surface area contributed by atoms with Gasteiger partial charge in [0.05, 0.1) is 20.8 Å². The van der Waals surface area contributed by atoms with Crippen LogP contribution in [0.15, 0.2) is 35.2 Å². The van der Waals surface area contributed by atoms with Crippen molar-refractivity contribution in [2.45, 2.75) is 41.4 Å². The molecule has 11 heteroatoms. The lowest BCUT2D eigenvalue weighted by molar-refractivity contribution is -0.0363. The zero-order valence-electron chi connectivity index (χ0n) is 19.2. The predicted octanol–water partition coefficient (Wildman–Crippen LogP) is 4.26. The lowest BCUT2D eigenvalue weighted by Gasteiger charge is -2.42. The van der Waals surface area contributed by atoms with Crippen molar-refractivity contribution in [2.75, 3.05) is 26.0 Å². The second-order valence-corrected chi connectivity index (χ2v) is 12.3. The molecule has 0 spiro atoms. The molecular weight excluding hydrogens is 505 g/mol. The first kappa shape index (κ1) is 25.9. The third-order valence-electron chi connectivity index (χ3n) is 6.83. The summed E-state index contributed by atoms with van der Waals surface area (Å²) in [5.41, 5.74) is -1.38. The number of rotatable bonds is 6. The summed E-state index contributed by atoms with van der Waals surface area (Å²) < 4.78 is 67.6. The Morgan fingerprint density at radius 3 is 2.23 bits per heavy atom. The lowest BCUT2D eigenvalue weighted by Crippen LogP contribution is -2.50. The van der Waals surface area contributed by atoms with E-state index < -0.39 is 44.0 Å². The maximum Gasteiger partial charge on any atom is 0.255 e. The number of halogens is 4. The van der Waals surface area contributed by atoms with Crippen molar-refractivity contribution < 1.29 is 31.5 Å². The molecule has 2 aliphatic rings. The predicted molar refractivity (Wildman–Crippen MR) is 126 cm³/mol. The first-order chi connectivity index (χ1) is 16.3. The minimum absolute atomic E-state index is 0.0473. The van der Waals surface area contributed by atoms with Gasteiger partial charge < -0.3 is 15.3 Å². The van der Waals surface area contributed by atoms with E-state index in [9.17, 15) is 31.5 Å². The molecule has 1 amide bonds. The van der Waals surface area contributed by atoms with Crippen molar-refractivity contribution in [1.82, 2.24) is 4.90 Å². The fourth-order valence-electron chi connectivity index (χ4n) is 5.70. The van der Waals surface area contributed by atoms with Gasteiger partial charge in [-0.1, -0.05) is 11.6 Å². The van der Waals surface area contributed by atoms with E-state index >= 15 is 0 Å². The molecule has 2 bridgehead atoms. The Balaban J connectivity index is 1.61. The number of hydrogen-bond donors (Lipinski definition) is 2. The van der Waals surface area contributed by atoms with Gasteiger partial charge in [-0.15, -0.1) is 0 Å². The highest BCUT2D eigenvalue weighted by Crippen LogP contribution is 2.51. The zero-order chi connectivity index (χ0) is 25.7. The van der Waals surface area contributed by atoms with Gasteiger partial charge in [0.25, 0.3) is 5.91 Å². The minimum atomic E-state index is -3.96. The third kappa shape index (κ3) is 5.07. The van der Waals surface area contributed by atoms with Crippen molar-refractivity contribution in [1.29, 1.82) is 0 Å². The van der Waals surface area contributed by atoms with E-state index in [0.717, 1.165) is 6.07 Å². The Hall–Kier alpha value is -2.14. The van der Waals surface area contributed by atoms with Crippen LogP contribution in [0.1, 0.15) is 36.0 Å². The Kier molecular flexibility index (Phi) is 6.95. The molecule has 2 aromatic rings. The number of anilines is 1. The minimum Gasteiger partial charge on any atom is -0.389 e. The normalized spacial score (nSPS) is 26.2. The van der Waals surface area contributed by atoms with Gasteiger partial charge in [0.1, 0.15) is 0 Å². The van der Waals surface area contributed by atoms with Gasteiger partial charge in [0, 0.05) is 29.9 Å². The highest BCUT2D eigenvalue weighted by molar-refractivity contribution is 7.92. The van der Waals surface area contributed by atoms with Crippen LogP contribution < -0.4 is 5.32 Å². The van der Waals surface area contributed by atoms with Gasteiger partial charge in [0.2, 0.25) is 0 Å². The summed E-state index contributed by atoms with van der Waals surface area (Å²) in [6, 6.07) is 4.96. The largest absolute Gasteiger partial charge is 0.389 e. The van der Waals surface area contributed by atoms with Crippen molar-refractivity contribution in [3.05, 3.63) is 58.4 Å². The first-order valence-electron chi connectivity index (χ1n) is 11.2. The van der Waals surface area contributed by atoms with Crippen LogP contribution in [0, 0.1) is 29.3 Å². The molecule has 3 unspecified atom stereocenters. The molecule has 0 saturated heterocycles. The van der Waals surface area contributed by atoms with Crippen LogP contribution in [0.25, 0.3) is 0 Å². The van der Waals surface area contributed by atoms with Crippen LogP contribution in [0.3, 0.4) is 0 Å². The van der Waals surface area contributed by atoms with E-state index in [1.54, 1.807) is 0 Å². The Morgan fingerprint density at radius 1 is 1.11 bits per heavy atom. The number of hydrogen-bond acceptors (Lipinski definition) is 5. The monoisotopic (exact) mass is 530 g/mol. The second-order valence-electron chi connectivity index (χ2n) is 9.83. The summed E-state index contributed by atoms with van der Waals surface area (Å²) in [5.74, 6) is -5.94. The molecule has 2 aliphatic carbocycles. The van der Waals surface area contributed by atoms with E-state index in [2.05, 4.69) is 5.32 Å². The van der Waals surface area contributed by atoms with Crippen molar-refractivity contribution in [2.24, 2.45) is 11.8 Å². The molecule has 0 heterocycles. The van der Waals surface area contributed by atoms with E-state index in [0.29, 0.717) is 44.4 Å². The maximum atomic E-state index is 13.7. The molecule has 0 radical (unpaired) electrons. The van der Waals surface area contributed by atoms with Gasteiger partial charge >= 0.3 is 0 Å². The number of fused-ring (bicyclic) bond motifs is 2. The zero-order valence-corrected chi connectivity index (χ0v) is 20.8. The van der Waals surface area contributed by atoms with Crippen LogP contribution in [0.5, 0.6) is 0 Å². The summed E-state index contributed by atoms with van der Waals surface area (Å²) in [5, 5.41) is 12.5. The average Bonchev–Trinajstić information content (AvgIpc) is 3.04. The van der Waals surface area contributed by atoms with Crippen LogP contribution >= 0.6 is 11.6 Å². The van der Waals surface area contributed by atoms with Gasteiger partial charge in [-0.05, 0) is 69.8 Å². The van der Waals surface area contributed by atoms with Crippen LogP contribution in [-0.2, 0) is 9.84 Å². The molecule has 2 saturated carbocycles. The van der Waals surface area contributed by atoms with E-state index in [4.69, 9.17) is 11.6 Å². The van der Waals surface area contributed by atoms with Crippen molar-refractivity contribution in [3.63, 3.8) is 0 Å². The standard InChI is InChI=1S/C24H26ClF3N2O4S/c1-30(2)12-24(32)10-14-3-4-15(11-24)22(14)35(33,34)20-7-13(5-6-17(20)25)23(31)29-16-8-18(26)21(28)19(27)9-16/h5-9,14-15,22,32H,3-4,10-12H2,1-2H3,(H,29,31)/t14-,15?,22?,24?/m0/s1. The topological polar surface area (TPSA) is 86.7 Å². The molecular formula is C24H26ClF3N2O4S. The molecule has 0 aromatic heterocycles. The first-order valence-corrected chi connectivity index (χ1v) is 13.1. The Labute approximate surface area is 207 Å². The quantitative estimate of drug-likeness (QED) is 0.545. The molecule has 2 aromatic carbocycles. The van der Waals surface area contributed by atoms with Gasteiger partial charge in [-0.25, -0.2) is 21.6 Å². The maximum absolute atomic E-state index is 13.7. The molecule has 2 N–H and O–H groups in total. The SMILES string of the molecule is CN(C)CC1(O)CC2CC[C@@H](C1)C2S(=O)(=O)c1cc(C(=O)Nc2cc(F)c(F)c(F)c2)ccc1Cl. The number of benzene rings is 2. The van der Waals surface area contributed by atoms with Crippen molar-refractivity contribution in [3.8, 4) is 0 Å². The summed E-state index contributed by atoms with van der Waals surface area (Å²) in [4.78, 5) is 14.4. The van der Waals surface area contributed by atoms with Crippen LogP contribution in [0.2, 0.25) is 5.02 Å². The highest BCUT2D eigenvalue weighted by Gasteiger charge is 2.54. The summed E-state index contributed by atoms with van der Waals surface area (Å²) in [7, 11) is -0.252. The molecule has 4 atom stereocenters. The number of nitrogens with zero attached hydrogens (tertiary/aromatic N) is 1. The van der Waals surface area contributed by atoms with Gasteiger partial charge in [-0.3, -0.25) is 4.79 Å². The molecule has 6 nitrogen and oxygen atoms in total. The number of aliphatic hydroxyl groups is 1. The molecule has 4 rings (SSSR count). The van der Waals surface area contributed by atoms with Crippen LogP contribution in [-0.4, -0.2) is 55.8 Å². The van der Waals surface area contributed by atoms with E-state index in [1.165, 1.54) is 12.1 Å². The van der Waals surface area contributed by atoms with Crippen LogP contribution in [0.4, 0.5) is 18.9 Å². The third-order valence-corrected chi connectivity index (χ3v) is 9.71. The summed E-state index contributed by atoms with van der Waals surface area (Å²) in [6.07, 6.45) is 2.05. The number of sulfone groups is 1. The van der Waals surface area contributed by atoms with E-state index in [1.807, 2.05) is 19.0 Å². The molecule has 0 aliphatic heterocycles. The summed E-state index contributed by atoms with van der Waals surface area (Å²) in [6.45, 7) is 0.438. The second kappa shape index (κ2) is 9.38. The lowest BCUT2D eigenvalue weighted by atomic mass is 9.77. The van der Waals surface area contributed by atoms with Crippen molar-refractivity contribution >= 4 is 33.0 Å². The number of amides is 1. The number of carbonyl (C=O) groups is 1. The molecule has 35 heavy (non-hydrogen) atoms. The van der Waals surface area contributed by atoms with Gasteiger partial charge in [-0.2, -0.15) is 0 Å². The Bertz CT molecular complexity index is 1230. The smallest absolute Gasteiger partial charge is 0.255 e.